The fourth-order valence-corrected chi connectivity index (χ4v) is 4.23. The van der Waals surface area contributed by atoms with Gasteiger partial charge in [-0.3, -0.25) is 4.79 Å². The molecule has 34 heavy (non-hydrogen) atoms. The van der Waals surface area contributed by atoms with Crippen LogP contribution in [0.15, 0.2) is 0 Å². The van der Waals surface area contributed by atoms with E-state index in [-0.39, 0.29) is 36.1 Å². The summed E-state index contributed by atoms with van der Waals surface area (Å²) in [7, 11) is 0. The van der Waals surface area contributed by atoms with Gasteiger partial charge in [0.1, 0.15) is 11.2 Å². The number of hydrogen-bond donors (Lipinski definition) is 4. The molecule has 9 nitrogen and oxygen atoms in total. The molecule has 0 heterocycles. The number of carbonyl (C=O) groups excluding carboxylic acids is 3. The third kappa shape index (κ3) is 13.0. The Kier molecular flexibility index (Phi) is 11.5. The number of hydrogen-bond acceptors (Lipinski definition) is 6. The molecular formula is C24H44N4O5S. The second kappa shape index (κ2) is 13.1. The van der Waals surface area contributed by atoms with E-state index in [1.54, 1.807) is 0 Å². The van der Waals surface area contributed by atoms with E-state index in [1.807, 2.05) is 41.5 Å². The van der Waals surface area contributed by atoms with E-state index in [1.165, 1.54) is 0 Å². The number of rotatable bonds is 4. The molecule has 2 rings (SSSR count). The zero-order valence-corrected chi connectivity index (χ0v) is 22.4. The van der Waals surface area contributed by atoms with Crippen molar-refractivity contribution in [2.24, 2.45) is 23.3 Å². The third-order valence-electron chi connectivity index (χ3n) is 5.70. The predicted octanol–water partition coefficient (Wildman–Crippen LogP) is 3.91. The van der Waals surface area contributed by atoms with Gasteiger partial charge in [-0.15, -0.1) is 0 Å². The van der Waals surface area contributed by atoms with Crippen LogP contribution in [-0.2, 0) is 14.3 Å². The predicted molar refractivity (Wildman–Crippen MR) is 136 cm³/mol. The Morgan fingerprint density at radius 1 is 0.676 bits per heavy atom. The fourth-order valence-electron chi connectivity index (χ4n) is 3.99. The van der Waals surface area contributed by atoms with Gasteiger partial charge >= 0.3 is 12.2 Å². The molecule has 6 N–H and O–H groups in total. The maximum absolute atomic E-state index is 11.6. The number of nitrogens with two attached hydrogens (primary N) is 2. The Bertz CT molecular complexity index is 641. The van der Waals surface area contributed by atoms with Crippen molar-refractivity contribution in [1.82, 2.24) is 10.6 Å². The van der Waals surface area contributed by atoms with E-state index in [9.17, 15) is 14.4 Å². The lowest BCUT2D eigenvalue weighted by atomic mass is 9.86. The molecule has 0 radical (unpaired) electrons. The van der Waals surface area contributed by atoms with Crippen LogP contribution in [0.3, 0.4) is 0 Å². The molecule has 196 valence electrons. The normalized spacial score (nSPS) is 25.1. The standard InChI is InChI=1S/C12H22N2O3.C12H22N2O2S/c1-12(2,3)17-11(16)14-9-6-4-8(5-7-9)10(13)15;1-12(2,3)16-11(15)14-9-6-4-8(5-7-9)10(13)17/h8-9H,4-7H2,1-3H3,(H2,13,15)(H,14,16);8-9H,4-7H2,1-3H3,(H2,13,17)(H,14,15). The van der Waals surface area contributed by atoms with Crippen molar-refractivity contribution in [3.8, 4) is 0 Å². The van der Waals surface area contributed by atoms with Crippen LogP contribution >= 0.6 is 12.2 Å². The molecule has 2 saturated carbocycles. The zero-order valence-electron chi connectivity index (χ0n) is 21.6. The average molecular weight is 501 g/mol. The van der Waals surface area contributed by atoms with Gasteiger partial charge in [0.05, 0.1) is 4.99 Å². The summed E-state index contributed by atoms with van der Waals surface area (Å²) in [5.74, 6) is 0.0640. The average Bonchev–Trinajstić information content (AvgIpc) is 2.66. The van der Waals surface area contributed by atoms with Crippen LogP contribution in [0.5, 0.6) is 0 Å². The number of primary amides is 1. The van der Waals surface area contributed by atoms with Crippen LogP contribution in [0, 0.1) is 11.8 Å². The quantitative estimate of drug-likeness (QED) is 0.428. The molecule has 0 aromatic carbocycles. The van der Waals surface area contributed by atoms with Crippen LogP contribution in [0.2, 0.25) is 0 Å². The van der Waals surface area contributed by atoms with Gasteiger partial charge in [0.2, 0.25) is 5.91 Å². The third-order valence-corrected chi connectivity index (χ3v) is 6.03. The van der Waals surface area contributed by atoms with Gasteiger partial charge in [-0.25, -0.2) is 9.59 Å². The second-order valence-corrected chi connectivity index (χ2v) is 11.7. The highest BCUT2D eigenvalue weighted by Gasteiger charge is 2.27. The maximum Gasteiger partial charge on any atom is 0.407 e. The lowest BCUT2D eigenvalue weighted by Crippen LogP contribution is -2.42. The fraction of sp³-hybridized carbons (Fsp3) is 0.833. The molecular weight excluding hydrogens is 456 g/mol. The van der Waals surface area contributed by atoms with Crippen LogP contribution in [0.25, 0.3) is 0 Å². The summed E-state index contributed by atoms with van der Waals surface area (Å²) in [4.78, 5) is 34.7. The Morgan fingerprint density at radius 2 is 1.00 bits per heavy atom. The number of amides is 3. The Morgan fingerprint density at radius 3 is 1.26 bits per heavy atom. The van der Waals surface area contributed by atoms with Gasteiger partial charge < -0.3 is 31.6 Å². The molecule has 0 saturated heterocycles. The highest BCUT2D eigenvalue weighted by atomic mass is 32.1. The summed E-state index contributed by atoms with van der Waals surface area (Å²) in [6.07, 6.45) is 6.08. The van der Waals surface area contributed by atoms with Gasteiger partial charge in [0.25, 0.3) is 0 Å². The maximum atomic E-state index is 11.6. The molecule has 0 aromatic heterocycles. The van der Waals surface area contributed by atoms with Crippen LogP contribution in [0.4, 0.5) is 9.59 Å². The van der Waals surface area contributed by atoms with E-state index in [0.29, 0.717) is 10.9 Å². The molecule has 0 atom stereocenters. The first-order valence-corrected chi connectivity index (χ1v) is 12.5. The van der Waals surface area contributed by atoms with Gasteiger partial charge in [0, 0.05) is 23.9 Å². The second-order valence-electron chi connectivity index (χ2n) is 11.2. The van der Waals surface area contributed by atoms with E-state index in [0.717, 1.165) is 51.4 Å². The van der Waals surface area contributed by atoms with Crippen molar-refractivity contribution in [2.75, 3.05) is 0 Å². The number of alkyl carbamates (subject to hydrolysis) is 2. The highest BCUT2D eigenvalue weighted by Crippen LogP contribution is 2.25. The van der Waals surface area contributed by atoms with Crippen LogP contribution < -0.4 is 22.1 Å². The van der Waals surface area contributed by atoms with E-state index in [4.69, 9.17) is 33.2 Å². The van der Waals surface area contributed by atoms with Crippen LogP contribution in [-0.4, -0.2) is 46.4 Å². The summed E-state index contributed by atoms with van der Waals surface area (Å²) >= 11 is 4.98. The first-order chi connectivity index (χ1) is 15.6. The molecule has 2 aliphatic rings. The Labute approximate surface area is 209 Å². The van der Waals surface area contributed by atoms with Gasteiger partial charge in [0.15, 0.2) is 0 Å². The lowest BCUT2D eigenvalue weighted by Gasteiger charge is -2.29. The zero-order chi connectivity index (χ0) is 26.1. The molecule has 0 aromatic rings. The van der Waals surface area contributed by atoms with Gasteiger partial charge in [-0.2, -0.15) is 0 Å². The largest absolute Gasteiger partial charge is 0.444 e. The molecule has 0 aliphatic heterocycles. The van der Waals surface area contributed by atoms with Crippen molar-refractivity contribution < 1.29 is 23.9 Å². The first kappa shape index (κ1) is 29.9. The number of nitrogens with one attached hydrogen (secondary N) is 2. The number of ether oxygens (including phenoxy) is 2. The van der Waals surface area contributed by atoms with E-state index in [2.05, 4.69) is 10.6 Å². The molecule has 0 unspecified atom stereocenters. The number of thiocarbonyl (C=S) groups is 1. The molecule has 0 spiro atoms. The molecule has 10 heteroatoms. The molecule has 0 bridgehead atoms. The molecule has 3 amide bonds. The summed E-state index contributed by atoms with van der Waals surface area (Å²) in [6.45, 7) is 11.1. The molecule has 2 aliphatic carbocycles. The molecule has 2 fully saturated rings. The summed E-state index contributed by atoms with van der Waals surface area (Å²) in [5, 5.41) is 5.71. The summed E-state index contributed by atoms with van der Waals surface area (Å²) in [5.41, 5.74) is 9.94. The Balaban J connectivity index is 0.000000340. The van der Waals surface area contributed by atoms with Gasteiger partial charge in [-0.1, -0.05) is 12.2 Å². The first-order valence-electron chi connectivity index (χ1n) is 12.1. The topological polar surface area (TPSA) is 146 Å². The number of carbonyl (C=O) groups is 3. The lowest BCUT2D eigenvalue weighted by molar-refractivity contribution is -0.122. The summed E-state index contributed by atoms with van der Waals surface area (Å²) < 4.78 is 10.4. The van der Waals surface area contributed by atoms with Crippen molar-refractivity contribution in [1.29, 1.82) is 0 Å². The Hall–Kier alpha value is -2.10. The minimum absolute atomic E-state index is 0.0355. The summed E-state index contributed by atoms with van der Waals surface area (Å²) in [6, 6.07) is 0.288. The SMILES string of the molecule is CC(C)(C)OC(=O)NC1CCC(C(N)=O)CC1.CC(C)(C)OC(=O)NC1CCC(C(N)=S)CC1. The highest BCUT2D eigenvalue weighted by molar-refractivity contribution is 7.80. The van der Waals surface area contributed by atoms with E-state index < -0.39 is 11.2 Å². The van der Waals surface area contributed by atoms with Gasteiger partial charge in [-0.05, 0) is 92.9 Å². The minimum atomic E-state index is -0.478. The van der Waals surface area contributed by atoms with Crippen molar-refractivity contribution >= 4 is 35.3 Å². The smallest absolute Gasteiger partial charge is 0.407 e. The van der Waals surface area contributed by atoms with Crippen molar-refractivity contribution in [2.45, 2.75) is 116 Å². The minimum Gasteiger partial charge on any atom is -0.444 e. The van der Waals surface area contributed by atoms with Crippen molar-refractivity contribution in [3.05, 3.63) is 0 Å². The van der Waals surface area contributed by atoms with E-state index >= 15 is 0 Å². The van der Waals surface area contributed by atoms with Crippen molar-refractivity contribution in [3.63, 3.8) is 0 Å². The van der Waals surface area contributed by atoms with Crippen LogP contribution in [0.1, 0.15) is 92.9 Å². The monoisotopic (exact) mass is 500 g/mol.